The van der Waals surface area contributed by atoms with Gasteiger partial charge >= 0.3 is 0 Å². The van der Waals surface area contributed by atoms with Gasteiger partial charge in [0.05, 0.1) is 5.69 Å². The van der Waals surface area contributed by atoms with Gasteiger partial charge in [-0.1, -0.05) is 140 Å². The minimum absolute atomic E-state index is 0.321. The fourth-order valence-corrected chi connectivity index (χ4v) is 8.01. The lowest BCUT2D eigenvalue weighted by Gasteiger charge is -2.31. The summed E-state index contributed by atoms with van der Waals surface area (Å²) in [5, 5.41) is 10.1. The molecular weight excluding hydrogens is 739 g/mol. The van der Waals surface area contributed by atoms with Crippen LogP contribution in [0.3, 0.4) is 0 Å². The number of nitrogens with zero attached hydrogens (tertiary/aromatic N) is 2. The molecule has 1 N–H and O–H groups in total. The monoisotopic (exact) mass is 808 g/mol. The van der Waals surface area contributed by atoms with Crippen LogP contribution in [0.2, 0.25) is 0 Å². The summed E-state index contributed by atoms with van der Waals surface area (Å²) in [6.45, 7) is 32.2. The van der Waals surface area contributed by atoms with Crippen LogP contribution in [0.4, 0.5) is 22.7 Å². The van der Waals surface area contributed by atoms with Gasteiger partial charge in [-0.3, -0.25) is 0 Å². The van der Waals surface area contributed by atoms with Crippen molar-refractivity contribution in [1.29, 1.82) is 5.41 Å². The highest BCUT2D eigenvalue weighted by Crippen LogP contribution is 2.55. The highest BCUT2D eigenvalue weighted by Gasteiger charge is 2.38. The molecule has 0 fully saturated rings. The van der Waals surface area contributed by atoms with Crippen LogP contribution in [0.5, 0.6) is 0 Å². The molecule has 0 atom stereocenters. The van der Waals surface area contributed by atoms with E-state index in [9.17, 15) is 0 Å². The molecule has 5 aromatic rings. The van der Waals surface area contributed by atoms with Gasteiger partial charge in [0.2, 0.25) is 0 Å². The Morgan fingerprint density at radius 1 is 0.689 bits per heavy atom. The van der Waals surface area contributed by atoms with E-state index in [-0.39, 0.29) is 5.41 Å². The third kappa shape index (κ3) is 10.1. The third-order valence-corrected chi connectivity index (χ3v) is 11.2. The SMILES string of the molecule is C=C(/C=C\C=N)N(c1ccc(C)c(/C=C\C)c1)c1ccc2c(c1)C(C)(C)c1cc(N(/C(C=C(C)CC)=C/C=C\C)c3ccc(C)c(/C=C\C)c3)c3ccccc3c1-2.CC.CC. The van der Waals surface area contributed by atoms with Gasteiger partial charge in [0.25, 0.3) is 0 Å². The minimum atomic E-state index is -0.321. The molecular formula is C58H69N3. The molecule has 316 valence electrons. The van der Waals surface area contributed by atoms with Crippen LogP contribution in [0.15, 0.2) is 157 Å². The summed E-state index contributed by atoms with van der Waals surface area (Å²) in [6.07, 6.45) is 23.3. The van der Waals surface area contributed by atoms with Crippen molar-refractivity contribution >= 4 is 51.9 Å². The van der Waals surface area contributed by atoms with E-state index in [2.05, 4.69) is 205 Å². The van der Waals surface area contributed by atoms with E-state index in [1.54, 1.807) is 6.08 Å². The maximum absolute atomic E-state index is 7.70. The molecule has 3 heteroatoms. The highest BCUT2D eigenvalue weighted by atomic mass is 15.2. The molecule has 5 aromatic carbocycles. The van der Waals surface area contributed by atoms with E-state index in [1.807, 2.05) is 40.7 Å². The summed E-state index contributed by atoms with van der Waals surface area (Å²) < 4.78 is 0. The summed E-state index contributed by atoms with van der Waals surface area (Å²) in [5.41, 5.74) is 17.2. The first-order chi connectivity index (χ1) is 29.5. The van der Waals surface area contributed by atoms with Gasteiger partial charge < -0.3 is 15.2 Å². The van der Waals surface area contributed by atoms with Crippen molar-refractivity contribution in [3.05, 3.63) is 190 Å². The molecule has 0 heterocycles. The van der Waals surface area contributed by atoms with Crippen molar-refractivity contribution in [2.24, 2.45) is 0 Å². The third-order valence-electron chi connectivity index (χ3n) is 11.2. The van der Waals surface area contributed by atoms with Gasteiger partial charge in [-0.25, -0.2) is 0 Å². The van der Waals surface area contributed by atoms with Crippen LogP contribution >= 0.6 is 0 Å². The molecule has 0 spiro atoms. The van der Waals surface area contributed by atoms with Crippen molar-refractivity contribution in [3.8, 4) is 11.1 Å². The summed E-state index contributed by atoms with van der Waals surface area (Å²) in [7, 11) is 0. The van der Waals surface area contributed by atoms with Crippen LogP contribution < -0.4 is 9.80 Å². The maximum Gasteiger partial charge on any atom is 0.0543 e. The molecule has 1 aliphatic rings. The molecule has 0 aliphatic heterocycles. The zero-order valence-electron chi connectivity index (χ0n) is 39.2. The van der Waals surface area contributed by atoms with Gasteiger partial charge in [0.1, 0.15) is 0 Å². The average molecular weight is 808 g/mol. The Bertz CT molecular complexity index is 2530. The molecule has 1 aliphatic carbocycles. The molecule has 0 unspecified atom stereocenters. The number of allylic oxidation sites excluding steroid dienone is 9. The average Bonchev–Trinajstić information content (AvgIpc) is 3.50. The zero-order valence-corrected chi connectivity index (χ0v) is 39.2. The fourth-order valence-electron chi connectivity index (χ4n) is 8.01. The van der Waals surface area contributed by atoms with Crippen LogP contribution in [0, 0.1) is 19.3 Å². The smallest absolute Gasteiger partial charge is 0.0543 e. The summed E-state index contributed by atoms with van der Waals surface area (Å²) in [4.78, 5) is 4.66. The number of anilines is 4. The molecule has 6 rings (SSSR count). The second-order valence-corrected chi connectivity index (χ2v) is 15.5. The van der Waals surface area contributed by atoms with Crippen LogP contribution in [0.25, 0.3) is 34.1 Å². The van der Waals surface area contributed by atoms with E-state index in [0.29, 0.717) is 0 Å². The molecule has 3 nitrogen and oxygen atoms in total. The second kappa shape index (κ2) is 21.9. The molecule has 0 saturated heterocycles. The maximum atomic E-state index is 7.70. The Morgan fingerprint density at radius 2 is 1.25 bits per heavy atom. The Morgan fingerprint density at radius 3 is 1.80 bits per heavy atom. The first-order valence-corrected chi connectivity index (χ1v) is 22.1. The number of benzene rings is 5. The Balaban J connectivity index is 0.00000199. The first kappa shape index (κ1) is 47.5. The summed E-state index contributed by atoms with van der Waals surface area (Å²) in [6, 6.07) is 31.6. The molecule has 61 heavy (non-hydrogen) atoms. The van der Waals surface area contributed by atoms with Crippen molar-refractivity contribution in [2.45, 2.75) is 102 Å². The number of nitrogens with one attached hydrogen (secondary N) is 1. The standard InChI is InChI=1S/C54H57N3.2C2H6/c1-11-15-22-43(32-37(5)14-4)57(45-28-26-39(7)42(34-45)20-13-3)52-36-51-53(48-24-17-16-23-47(48)52)49-30-29-46(35-50(49)54(51,9)10)56(40(8)21-18-31-55)44-27-25-38(6)41(33-44)19-12-2;2*1-2/h11-13,15-36,55H,8,14H2,1-7,9-10H3;2*1-2H3/b15-11-,19-12-,20-13-,21-18-,37-32?,43-22+,55-31?;;. The van der Waals surface area contributed by atoms with Gasteiger partial charge in [-0.05, 0) is 165 Å². The minimum Gasteiger partial charge on any atom is -0.311 e. The van der Waals surface area contributed by atoms with Crippen molar-refractivity contribution < 1.29 is 0 Å². The Labute approximate surface area is 369 Å². The topological polar surface area (TPSA) is 30.3 Å². The van der Waals surface area contributed by atoms with Crippen LogP contribution in [-0.2, 0) is 5.41 Å². The van der Waals surface area contributed by atoms with Crippen LogP contribution in [-0.4, -0.2) is 6.21 Å². The lowest BCUT2D eigenvalue weighted by atomic mass is 9.81. The number of hydrogen-bond donors (Lipinski definition) is 1. The predicted octanol–water partition coefficient (Wildman–Crippen LogP) is 17.7. The predicted molar refractivity (Wildman–Crippen MR) is 274 cm³/mol. The van der Waals surface area contributed by atoms with E-state index < -0.39 is 0 Å². The van der Waals surface area contributed by atoms with Crippen molar-refractivity contribution in [1.82, 2.24) is 0 Å². The zero-order chi connectivity index (χ0) is 44.9. The van der Waals surface area contributed by atoms with E-state index in [1.165, 1.54) is 67.1 Å². The van der Waals surface area contributed by atoms with Gasteiger partial charge in [0, 0.05) is 45.5 Å². The largest absolute Gasteiger partial charge is 0.311 e. The second-order valence-electron chi connectivity index (χ2n) is 15.5. The van der Waals surface area contributed by atoms with E-state index in [4.69, 9.17) is 5.41 Å². The lowest BCUT2D eigenvalue weighted by molar-refractivity contribution is 0.661. The first-order valence-electron chi connectivity index (χ1n) is 22.1. The Hall–Kier alpha value is -6.19. The lowest BCUT2D eigenvalue weighted by Crippen LogP contribution is -2.20. The highest BCUT2D eigenvalue weighted by molar-refractivity contribution is 6.09. The molecule has 0 radical (unpaired) electrons. The van der Waals surface area contributed by atoms with Crippen molar-refractivity contribution in [2.75, 3.05) is 9.80 Å². The molecule has 0 aromatic heterocycles. The van der Waals surface area contributed by atoms with Gasteiger partial charge in [-0.15, -0.1) is 0 Å². The van der Waals surface area contributed by atoms with Gasteiger partial charge in [0.15, 0.2) is 0 Å². The van der Waals surface area contributed by atoms with Crippen molar-refractivity contribution in [3.63, 3.8) is 0 Å². The van der Waals surface area contributed by atoms with Gasteiger partial charge in [-0.2, -0.15) is 0 Å². The number of aryl methyl sites for hydroxylation is 2. The van der Waals surface area contributed by atoms with E-state index in [0.717, 1.165) is 40.6 Å². The summed E-state index contributed by atoms with van der Waals surface area (Å²) in [5.74, 6) is 0. The summed E-state index contributed by atoms with van der Waals surface area (Å²) >= 11 is 0. The normalized spacial score (nSPS) is 13.3. The number of hydrogen-bond acceptors (Lipinski definition) is 3. The molecule has 0 saturated carbocycles. The van der Waals surface area contributed by atoms with Crippen LogP contribution in [0.1, 0.15) is 116 Å². The molecule has 0 amide bonds. The number of fused-ring (bicyclic) bond motifs is 5. The van der Waals surface area contributed by atoms with E-state index >= 15 is 0 Å². The molecule has 0 bridgehead atoms. The quantitative estimate of drug-likeness (QED) is 0.0949. The number of rotatable bonds is 13. The fraction of sp³-hybridized carbons (Fsp3) is 0.259. The Kier molecular flexibility index (Phi) is 17.0.